The topological polar surface area (TPSA) is 89.3 Å². The van der Waals surface area contributed by atoms with Crippen LogP contribution in [0, 0.1) is 10.1 Å². The molecule has 0 aromatic heterocycles. The molecule has 0 aliphatic heterocycles. The van der Waals surface area contributed by atoms with Crippen LogP contribution in [0.15, 0.2) is 24.3 Å². The van der Waals surface area contributed by atoms with Crippen molar-refractivity contribution in [2.24, 2.45) is 0 Å². The third-order valence-corrected chi connectivity index (χ3v) is 6.80. The molecule has 0 spiro atoms. The molecule has 0 N–H and O–H groups in total. The highest BCUT2D eigenvalue weighted by Gasteiger charge is 2.04. The zero-order valence-corrected chi connectivity index (χ0v) is 25.3. The summed E-state index contributed by atoms with van der Waals surface area (Å²) in [6.45, 7) is 7.19. The number of nitro benzene ring substituents is 1. The largest absolute Gasteiger partial charge is 0.491 e. The van der Waals surface area contributed by atoms with Gasteiger partial charge in [0, 0.05) is 18.7 Å². The number of unbranched alkanes of at least 4 members (excludes halogenated alkanes) is 15. The van der Waals surface area contributed by atoms with E-state index in [4.69, 9.17) is 23.7 Å². The van der Waals surface area contributed by atoms with Crippen molar-refractivity contribution in [3.05, 3.63) is 34.4 Å². The SMILES string of the molecule is CCCCCCCCCCCCCCCCCCOCCOCCOCCOCCOc1ccc([N+](=O)[O-])cc1. The number of non-ortho nitro benzene ring substituents is 1. The number of rotatable bonds is 31. The molecular formula is C32H57NO7. The highest BCUT2D eigenvalue weighted by molar-refractivity contribution is 5.35. The van der Waals surface area contributed by atoms with Crippen molar-refractivity contribution in [2.45, 2.75) is 110 Å². The first-order valence-corrected chi connectivity index (χ1v) is 15.9. The molecule has 0 heterocycles. The quantitative estimate of drug-likeness (QED) is 0.0506. The molecule has 0 amide bonds. The number of nitrogens with zero attached hydrogens (tertiary/aromatic N) is 1. The maximum Gasteiger partial charge on any atom is 0.269 e. The minimum absolute atomic E-state index is 0.0443. The Labute approximate surface area is 243 Å². The summed E-state index contributed by atoms with van der Waals surface area (Å²) < 4.78 is 27.6. The molecule has 1 aromatic carbocycles. The van der Waals surface area contributed by atoms with Gasteiger partial charge < -0.3 is 23.7 Å². The van der Waals surface area contributed by atoms with Crippen LogP contribution in [-0.4, -0.2) is 64.4 Å². The lowest BCUT2D eigenvalue weighted by atomic mass is 10.0. The summed E-state index contributed by atoms with van der Waals surface area (Å²) in [5, 5.41) is 10.6. The van der Waals surface area contributed by atoms with Gasteiger partial charge in [0.05, 0.1) is 51.2 Å². The molecule has 0 saturated heterocycles. The van der Waals surface area contributed by atoms with Crippen LogP contribution in [-0.2, 0) is 18.9 Å². The maximum absolute atomic E-state index is 10.6. The molecule has 0 unspecified atom stereocenters. The van der Waals surface area contributed by atoms with Crippen molar-refractivity contribution in [1.82, 2.24) is 0 Å². The van der Waals surface area contributed by atoms with Crippen molar-refractivity contribution in [2.75, 3.05) is 59.5 Å². The Balaban J connectivity index is 1.67. The first-order chi connectivity index (χ1) is 19.7. The van der Waals surface area contributed by atoms with Crippen LogP contribution in [0.3, 0.4) is 0 Å². The van der Waals surface area contributed by atoms with Gasteiger partial charge in [-0.25, -0.2) is 0 Å². The fraction of sp³-hybridized carbons (Fsp3) is 0.812. The smallest absolute Gasteiger partial charge is 0.269 e. The van der Waals surface area contributed by atoms with Crippen LogP contribution >= 0.6 is 0 Å². The molecule has 0 saturated carbocycles. The zero-order chi connectivity index (χ0) is 28.8. The summed E-state index contributed by atoms with van der Waals surface area (Å²) in [5.74, 6) is 0.580. The van der Waals surface area contributed by atoms with Gasteiger partial charge in [-0.15, -0.1) is 0 Å². The molecule has 232 valence electrons. The Morgan fingerprint density at radius 3 is 1.25 bits per heavy atom. The maximum atomic E-state index is 10.6. The standard InChI is InChI=1S/C32H57NO7/c1-2-3-4-5-6-7-8-9-10-11-12-13-14-15-16-17-22-36-23-24-37-25-26-38-27-28-39-29-30-40-32-20-18-31(19-21-32)33(34)35/h18-21H,2-17,22-30H2,1H3. The van der Waals surface area contributed by atoms with E-state index in [2.05, 4.69) is 6.92 Å². The Morgan fingerprint density at radius 1 is 0.500 bits per heavy atom. The lowest BCUT2D eigenvalue weighted by molar-refractivity contribution is -0.384. The van der Waals surface area contributed by atoms with Gasteiger partial charge in [0.15, 0.2) is 0 Å². The highest BCUT2D eigenvalue weighted by Crippen LogP contribution is 2.17. The second-order valence-corrected chi connectivity index (χ2v) is 10.4. The monoisotopic (exact) mass is 567 g/mol. The van der Waals surface area contributed by atoms with Gasteiger partial charge >= 0.3 is 0 Å². The van der Waals surface area contributed by atoms with Crippen LogP contribution in [0.4, 0.5) is 5.69 Å². The van der Waals surface area contributed by atoms with E-state index in [9.17, 15) is 10.1 Å². The van der Waals surface area contributed by atoms with E-state index in [1.54, 1.807) is 12.1 Å². The number of ether oxygens (including phenoxy) is 5. The van der Waals surface area contributed by atoms with E-state index in [0.29, 0.717) is 58.6 Å². The lowest BCUT2D eigenvalue weighted by Gasteiger charge is -2.08. The Hall–Kier alpha value is -1.74. The van der Waals surface area contributed by atoms with Crippen LogP contribution in [0.1, 0.15) is 110 Å². The van der Waals surface area contributed by atoms with Gasteiger partial charge in [0.1, 0.15) is 12.4 Å². The Kier molecular flexibility index (Phi) is 26.1. The second-order valence-electron chi connectivity index (χ2n) is 10.4. The summed E-state index contributed by atoms with van der Waals surface area (Å²) in [4.78, 5) is 10.2. The zero-order valence-electron chi connectivity index (χ0n) is 25.3. The molecule has 0 aliphatic carbocycles. The van der Waals surface area contributed by atoms with Crippen LogP contribution in [0.5, 0.6) is 5.75 Å². The van der Waals surface area contributed by atoms with E-state index in [-0.39, 0.29) is 5.69 Å². The normalized spacial score (nSPS) is 11.2. The van der Waals surface area contributed by atoms with Gasteiger partial charge in [-0.3, -0.25) is 10.1 Å². The molecule has 8 heteroatoms. The van der Waals surface area contributed by atoms with Crippen molar-refractivity contribution < 1.29 is 28.6 Å². The highest BCUT2D eigenvalue weighted by atomic mass is 16.6. The fourth-order valence-corrected chi connectivity index (χ4v) is 4.40. The Bertz CT molecular complexity index is 672. The van der Waals surface area contributed by atoms with Crippen molar-refractivity contribution in [1.29, 1.82) is 0 Å². The lowest BCUT2D eigenvalue weighted by Crippen LogP contribution is -2.13. The first kappa shape index (κ1) is 36.3. The molecule has 0 aliphatic rings. The summed E-state index contributed by atoms with van der Waals surface area (Å²) in [5.41, 5.74) is 0.0443. The molecule has 8 nitrogen and oxygen atoms in total. The van der Waals surface area contributed by atoms with Gasteiger partial charge in [-0.1, -0.05) is 103 Å². The van der Waals surface area contributed by atoms with Crippen LogP contribution < -0.4 is 4.74 Å². The minimum atomic E-state index is -0.436. The van der Waals surface area contributed by atoms with Crippen LogP contribution in [0.2, 0.25) is 0 Å². The van der Waals surface area contributed by atoms with Gasteiger partial charge in [0.2, 0.25) is 0 Å². The average Bonchev–Trinajstić information content (AvgIpc) is 2.96. The van der Waals surface area contributed by atoms with E-state index < -0.39 is 4.92 Å². The molecule has 40 heavy (non-hydrogen) atoms. The first-order valence-electron chi connectivity index (χ1n) is 15.9. The number of hydrogen-bond acceptors (Lipinski definition) is 7. The fourth-order valence-electron chi connectivity index (χ4n) is 4.40. The van der Waals surface area contributed by atoms with Crippen molar-refractivity contribution in [3.8, 4) is 5.75 Å². The molecule has 0 bridgehead atoms. The van der Waals surface area contributed by atoms with E-state index in [1.807, 2.05) is 0 Å². The Morgan fingerprint density at radius 2 is 0.850 bits per heavy atom. The van der Waals surface area contributed by atoms with Crippen molar-refractivity contribution >= 4 is 5.69 Å². The number of hydrogen-bond donors (Lipinski definition) is 0. The molecule has 0 radical (unpaired) electrons. The second kappa shape index (κ2) is 28.8. The summed E-state index contributed by atoms with van der Waals surface area (Å²) >= 11 is 0. The van der Waals surface area contributed by atoms with E-state index in [0.717, 1.165) is 13.0 Å². The number of nitro groups is 1. The van der Waals surface area contributed by atoms with Gasteiger partial charge in [0.25, 0.3) is 5.69 Å². The molecule has 1 rings (SSSR count). The molecule has 1 aromatic rings. The number of benzene rings is 1. The van der Waals surface area contributed by atoms with Crippen LogP contribution in [0.25, 0.3) is 0 Å². The molecular weight excluding hydrogens is 510 g/mol. The minimum Gasteiger partial charge on any atom is -0.491 e. The third-order valence-electron chi connectivity index (χ3n) is 6.80. The molecule has 0 atom stereocenters. The summed E-state index contributed by atoms with van der Waals surface area (Å²) in [6, 6.07) is 5.99. The predicted molar refractivity (Wildman–Crippen MR) is 161 cm³/mol. The summed E-state index contributed by atoms with van der Waals surface area (Å²) in [7, 11) is 0. The molecule has 0 fully saturated rings. The average molecular weight is 568 g/mol. The predicted octanol–water partition coefficient (Wildman–Crippen LogP) is 8.30. The summed E-state index contributed by atoms with van der Waals surface area (Å²) in [6.07, 6.45) is 22.1. The van der Waals surface area contributed by atoms with E-state index >= 15 is 0 Å². The van der Waals surface area contributed by atoms with Gasteiger partial charge in [-0.05, 0) is 18.6 Å². The third kappa shape index (κ3) is 24.1. The van der Waals surface area contributed by atoms with E-state index in [1.165, 1.54) is 108 Å². The van der Waals surface area contributed by atoms with Gasteiger partial charge in [-0.2, -0.15) is 0 Å². The van der Waals surface area contributed by atoms with Crippen molar-refractivity contribution in [3.63, 3.8) is 0 Å².